The first-order valence-corrected chi connectivity index (χ1v) is 6.15. The third kappa shape index (κ3) is 2.61. The van der Waals surface area contributed by atoms with Crippen molar-refractivity contribution in [3.63, 3.8) is 0 Å². The van der Waals surface area contributed by atoms with Gasteiger partial charge in [-0.3, -0.25) is 0 Å². The van der Waals surface area contributed by atoms with Gasteiger partial charge in [0.05, 0.1) is 17.9 Å². The van der Waals surface area contributed by atoms with E-state index in [-0.39, 0.29) is 0 Å². The maximum atomic E-state index is 4.35. The standard InChI is InChI=1S/C13H13N7/c1-10-15-6-4-11(19-10)7-17-12-3-2-5-16-13(12)20-9-14-8-18-20/h2-6,8-9,17H,7H2,1H3. The van der Waals surface area contributed by atoms with Crippen molar-refractivity contribution >= 4 is 5.69 Å². The maximum Gasteiger partial charge on any atom is 0.178 e. The Kier molecular flexibility index (Phi) is 3.32. The lowest BCUT2D eigenvalue weighted by atomic mass is 10.3. The van der Waals surface area contributed by atoms with Crippen molar-refractivity contribution in [2.24, 2.45) is 0 Å². The predicted molar refractivity (Wildman–Crippen MR) is 73.2 cm³/mol. The zero-order chi connectivity index (χ0) is 13.8. The largest absolute Gasteiger partial charge is 0.376 e. The van der Waals surface area contributed by atoms with E-state index in [0.717, 1.165) is 17.2 Å². The number of rotatable bonds is 4. The van der Waals surface area contributed by atoms with E-state index in [4.69, 9.17) is 0 Å². The molecular weight excluding hydrogens is 254 g/mol. The molecule has 0 atom stereocenters. The Balaban J connectivity index is 1.81. The minimum atomic E-state index is 0.594. The zero-order valence-corrected chi connectivity index (χ0v) is 10.9. The number of hydrogen-bond acceptors (Lipinski definition) is 6. The number of hydrogen-bond donors (Lipinski definition) is 1. The molecule has 100 valence electrons. The SMILES string of the molecule is Cc1nccc(CNc2cccnc2-n2cncn2)n1. The van der Waals surface area contributed by atoms with Gasteiger partial charge in [-0.1, -0.05) is 0 Å². The third-order valence-corrected chi connectivity index (χ3v) is 2.72. The quantitative estimate of drug-likeness (QED) is 0.769. The van der Waals surface area contributed by atoms with Gasteiger partial charge >= 0.3 is 0 Å². The van der Waals surface area contributed by atoms with Gasteiger partial charge < -0.3 is 5.32 Å². The number of aryl methyl sites for hydroxylation is 1. The van der Waals surface area contributed by atoms with E-state index in [9.17, 15) is 0 Å². The summed E-state index contributed by atoms with van der Waals surface area (Å²) < 4.78 is 1.62. The topological polar surface area (TPSA) is 81.4 Å². The lowest BCUT2D eigenvalue weighted by Gasteiger charge is -2.10. The van der Waals surface area contributed by atoms with Crippen LogP contribution in [0.1, 0.15) is 11.5 Å². The maximum absolute atomic E-state index is 4.35. The predicted octanol–water partition coefficient (Wildman–Crippen LogP) is 1.37. The fourth-order valence-corrected chi connectivity index (χ4v) is 1.82. The first-order valence-electron chi connectivity index (χ1n) is 6.15. The zero-order valence-electron chi connectivity index (χ0n) is 10.9. The van der Waals surface area contributed by atoms with Gasteiger partial charge in [0, 0.05) is 12.4 Å². The van der Waals surface area contributed by atoms with Crippen LogP contribution in [-0.4, -0.2) is 29.7 Å². The van der Waals surface area contributed by atoms with Crippen molar-refractivity contribution < 1.29 is 0 Å². The number of nitrogens with one attached hydrogen (secondary N) is 1. The highest BCUT2D eigenvalue weighted by Gasteiger charge is 2.06. The van der Waals surface area contributed by atoms with Gasteiger partial charge in [-0.05, 0) is 25.1 Å². The van der Waals surface area contributed by atoms with Gasteiger partial charge in [0.15, 0.2) is 5.82 Å². The summed E-state index contributed by atoms with van der Waals surface area (Å²) in [6, 6.07) is 5.69. The summed E-state index contributed by atoms with van der Waals surface area (Å²) in [5, 5.41) is 7.40. The average molecular weight is 267 g/mol. The fourth-order valence-electron chi connectivity index (χ4n) is 1.82. The van der Waals surface area contributed by atoms with E-state index in [2.05, 4.69) is 30.4 Å². The first-order chi connectivity index (χ1) is 9.83. The molecule has 0 saturated heterocycles. The normalized spacial score (nSPS) is 10.4. The Hall–Kier alpha value is -2.83. The summed E-state index contributed by atoms with van der Waals surface area (Å²) >= 11 is 0. The van der Waals surface area contributed by atoms with Crippen LogP contribution in [0.2, 0.25) is 0 Å². The lowest BCUT2D eigenvalue weighted by Crippen LogP contribution is -2.08. The number of nitrogens with zero attached hydrogens (tertiary/aromatic N) is 6. The number of pyridine rings is 1. The van der Waals surface area contributed by atoms with Crippen LogP contribution in [0.4, 0.5) is 5.69 Å². The second kappa shape index (κ2) is 5.43. The van der Waals surface area contributed by atoms with Crippen molar-refractivity contribution in [3.8, 4) is 5.82 Å². The molecular formula is C13H13N7. The lowest BCUT2D eigenvalue weighted by molar-refractivity contribution is 0.843. The monoisotopic (exact) mass is 267 g/mol. The molecule has 3 heterocycles. The molecule has 0 saturated carbocycles. The summed E-state index contributed by atoms with van der Waals surface area (Å²) in [6.45, 7) is 2.46. The molecule has 0 unspecified atom stereocenters. The molecule has 3 aromatic heterocycles. The van der Waals surface area contributed by atoms with Crippen LogP contribution >= 0.6 is 0 Å². The Morgan fingerprint density at radius 3 is 2.95 bits per heavy atom. The van der Waals surface area contributed by atoms with Gasteiger partial charge in [-0.15, -0.1) is 0 Å². The molecule has 0 aromatic carbocycles. The molecule has 0 fully saturated rings. The summed E-state index contributed by atoms with van der Waals surface area (Å²) in [6.07, 6.45) is 6.56. The molecule has 7 heteroatoms. The summed E-state index contributed by atoms with van der Waals surface area (Å²) in [7, 11) is 0. The van der Waals surface area contributed by atoms with Crippen molar-refractivity contribution in [1.82, 2.24) is 29.7 Å². The van der Waals surface area contributed by atoms with E-state index < -0.39 is 0 Å². The van der Waals surface area contributed by atoms with Crippen molar-refractivity contribution in [3.05, 3.63) is 54.8 Å². The minimum absolute atomic E-state index is 0.594. The summed E-state index contributed by atoms with van der Waals surface area (Å²) in [5.41, 5.74) is 1.79. The van der Waals surface area contributed by atoms with Gasteiger partial charge in [-0.2, -0.15) is 5.10 Å². The van der Waals surface area contributed by atoms with Crippen molar-refractivity contribution in [2.75, 3.05) is 5.32 Å². The van der Waals surface area contributed by atoms with Crippen LogP contribution in [0, 0.1) is 6.92 Å². The number of aromatic nitrogens is 6. The molecule has 1 N–H and O–H groups in total. The Morgan fingerprint density at radius 1 is 1.20 bits per heavy atom. The minimum Gasteiger partial charge on any atom is -0.376 e. The van der Waals surface area contributed by atoms with Gasteiger partial charge in [0.25, 0.3) is 0 Å². The van der Waals surface area contributed by atoms with Gasteiger partial charge in [0.2, 0.25) is 0 Å². The molecule has 0 aliphatic heterocycles. The molecule has 3 rings (SSSR count). The van der Waals surface area contributed by atoms with E-state index in [1.165, 1.54) is 6.33 Å². The summed E-state index contributed by atoms with van der Waals surface area (Å²) in [5.74, 6) is 1.46. The van der Waals surface area contributed by atoms with E-state index in [1.54, 1.807) is 23.4 Å². The highest BCUT2D eigenvalue weighted by molar-refractivity contribution is 5.56. The van der Waals surface area contributed by atoms with Gasteiger partial charge in [0.1, 0.15) is 18.5 Å². The Labute approximate surface area is 115 Å². The van der Waals surface area contributed by atoms with Crippen molar-refractivity contribution in [2.45, 2.75) is 13.5 Å². The molecule has 3 aromatic rings. The van der Waals surface area contributed by atoms with E-state index in [0.29, 0.717) is 12.4 Å². The highest BCUT2D eigenvalue weighted by Crippen LogP contribution is 2.16. The van der Waals surface area contributed by atoms with Crippen LogP contribution in [0.5, 0.6) is 0 Å². The molecule has 0 amide bonds. The van der Waals surface area contributed by atoms with Crippen LogP contribution in [-0.2, 0) is 6.54 Å². The smallest absolute Gasteiger partial charge is 0.178 e. The number of anilines is 1. The third-order valence-electron chi connectivity index (χ3n) is 2.72. The molecule has 0 bridgehead atoms. The second-order valence-electron chi connectivity index (χ2n) is 4.16. The highest BCUT2D eigenvalue weighted by atomic mass is 15.3. The van der Waals surface area contributed by atoms with Crippen LogP contribution in [0.25, 0.3) is 5.82 Å². The Bertz CT molecular complexity index is 693. The van der Waals surface area contributed by atoms with E-state index >= 15 is 0 Å². The summed E-state index contributed by atoms with van der Waals surface area (Å²) in [4.78, 5) is 16.7. The molecule has 0 aliphatic rings. The Morgan fingerprint density at radius 2 is 2.15 bits per heavy atom. The average Bonchev–Trinajstić information content (AvgIpc) is 3.00. The molecule has 0 radical (unpaired) electrons. The van der Waals surface area contributed by atoms with Crippen LogP contribution in [0.15, 0.2) is 43.2 Å². The van der Waals surface area contributed by atoms with E-state index in [1.807, 2.05) is 25.1 Å². The molecule has 0 aliphatic carbocycles. The first kappa shape index (κ1) is 12.2. The molecule has 20 heavy (non-hydrogen) atoms. The van der Waals surface area contributed by atoms with Gasteiger partial charge in [-0.25, -0.2) is 24.6 Å². The second-order valence-corrected chi connectivity index (χ2v) is 4.16. The van der Waals surface area contributed by atoms with Crippen LogP contribution in [0.3, 0.4) is 0 Å². The van der Waals surface area contributed by atoms with Crippen LogP contribution < -0.4 is 5.32 Å². The molecule has 7 nitrogen and oxygen atoms in total. The molecule has 0 spiro atoms. The fraction of sp³-hybridized carbons (Fsp3) is 0.154. The van der Waals surface area contributed by atoms with Crippen molar-refractivity contribution in [1.29, 1.82) is 0 Å².